The average Bonchev–Trinajstić information content (AvgIpc) is 2.38. The van der Waals surface area contributed by atoms with Crippen molar-refractivity contribution in [1.82, 2.24) is 5.43 Å². The number of nitrogens with zero attached hydrogens (tertiary/aromatic N) is 1. The number of carbonyl (C=O) groups excluding carboxylic acids is 1. The third-order valence-electron chi connectivity index (χ3n) is 2.37. The van der Waals surface area contributed by atoms with Crippen LogP contribution in [-0.2, 0) is 0 Å². The van der Waals surface area contributed by atoms with Gasteiger partial charge >= 0.3 is 0 Å². The summed E-state index contributed by atoms with van der Waals surface area (Å²) in [6.07, 6.45) is 2.16. The minimum absolute atomic E-state index is 0.135. The van der Waals surface area contributed by atoms with Gasteiger partial charge in [-0.1, -0.05) is 18.2 Å². The minimum Gasteiger partial charge on any atom is -0.267 e. The Hall–Kier alpha value is -1.29. The Morgan fingerprint density at radius 1 is 1.31 bits per heavy atom. The van der Waals surface area contributed by atoms with Gasteiger partial charge in [0, 0.05) is 17.0 Å². The van der Waals surface area contributed by atoms with Crippen molar-refractivity contribution in [2.24, 2.45) is 5.10 Å². The number of benzene rings is 1. The summed E-state index contributed by atoms with van der Waals surface area (Å²) in [4.78, 5) is 11.7. The molecule has 0 bridgehead atoms. The number of rotatable bonds is 2. The van der Waals surface area contributed by atoms with Gasteiger partial charge in [-0.3, -0.25) is 4.79 Å². The molecule has 0 saturated carbocycles. The zero-order chi connectivity index (χ0) is 11.2. The van der Waals surface area contributed by atoms with Crippen molar-refractivity contribution in [3.8, 4) is 0 Å². The maximum absolute atomic E-state index is 11.7. The molecule has 1 fully saturated rings. The first-order valence-electron chi connectivity index (χ1n) is 5.35. The molecule has 1 aromatic rings. The van der Waals surface area contributed by atoms with Crippen molar-refractivity contribution in [1.29, 1.82) is 0 Å². The van der Waals surface area contributed by atoms with Crippen molar-refractivity contribution in [2.45, 2.75) is 12.8 Å². The normalized spacial score (nSPS) is 18.4. The van der Waals surface area contributed by atoms with E-state index in [1.807, 2.05) is 30.0 Å². The molecule has 1 aliphatic rings. The predicted molar refractivity (Wildman–Crippen MR) is 67.9 cm³/mol. The van der Waals surface area contributed by atoms with Crippen LogP contribution in [0.4, 0.5) is 0 Å². The lowest BCUT2D eigenvalue weighted by atomic mass is 10.2. The second-order valence-corrected chi connectivity index (χ2v) is 4.75. The number of hydrazone groups is 1. The van der Waals surface area contributed by atoms with Crippen LogP contribution in [0.3, 0.4) is 0 Å². The van der Waals surface area contributed by atoms with Gasteiger partial charge < -0.3 is 0 Å². The second kappa shape index (κ2) is 5.70. The van der Waals surface area contributed by atoms with Crippen molar-refractivity contribution in [3.05, 3.63) is 35.9 Å². The number of nitrogens with one attached hydrogen (secondary N) is 1. The summed E-state index contributed by atoms with van der Waals surface area (Å²) in [7, 11) is 0. The van der Waals surface area contributed by atoms with Gasteiger partial charge in [0.15, 0.2) is 0 Å². The molecule has 0 atom stereocenters. The molecule has 1 aromatic carbocycles. The van der Waals surface area contributed by atoms with Crippen molar-refractivity contribution >= 4 is 23.4 Å². The van der Waals surface area contributed by atoms with E-state index in [-0.39, 0.29) is 5.91 Å². The van der Waals surface area contributed by atoms with Gasteiger partial charge in [0.25, 0.3) is 5.91 Å². The molecule has 1 saturated heterocycles. The van der Waals surface area contributed by atoms with E-state index in [1.165, 1.54) is 5.75 Å². The topological polar surface area (TPSA) is 41.5 Å². The second-order valence-electron chi connectivity index (χ2n) is 3.64. The van der Waals surface area contributed by atoms with Gasteiger partial charge in [-0.05, 0) is 30.7 Å². The first kappa shape index (κ1) is 11.2. The monoisotopic (exact) mass is 234 g/mol. The van der Waals surface area contributed by atoms with Gasteiger partial charge in [-0.25, -0.2) is 5.43 Å². The van der Waals surface area contributed by atoms with Crippen LogP contribution in [0.15, 0.2) is 35.4 Å². The fraction of sp³-hybridized carbons (Fsp3) is 0.333. The summed E-state index contributed by atoms with van der Waals surface area (Å²) < 4.78 is 0. The number of thioether (sulfide) groups is 1. The predicted octanol–water partition coefficient (Wildman–Crippen LogP) is 2.30. The average molecular weight is 234 g/mol. The van der Waals surface area contributed by atoms with Crippen LogP contribution in [0.25, 0.3) is 0 Å². The Kier molecular flexibility index (Phi) is 3.99. The van der Waals surface area contributed by atoms with Crippen LogP contribution in [0.2, 0.25) is 0 Å². The maximum atomic E-state index is 11.7. The number of amides is 1. The van der Waals surface area contributed by atoms with Crippen LogP contribution in [0, 0.1) is 0 Å². The molecular weight excluding hydrogens is 220 g/mol. The Balaban J connectivity index is 1.92. The lowest BCUT2D eigenvalue weighted by Gasteiger charge is -2.11. The number of hydrogen-bond acceptors (Lipinski definition) is 3. The SMILES string of the molecule is O=C(NN=C1CCCSC1)c1ccccc1. The highest BCUT2D eigenvalue weighted by atomic mass is 32.2. The first-order chi connectivity index (χ1) is 7.86. The third kappa shape index (κ3) is 3.10. The van der Waals surface area contributed by atoms with E-state index in [0.29, 0.717) is 5.56 Å². The minimum atomic E-state index is -0.135. The van der Waals surface area contributed by atoms with E-state index in [4.69, 9.17) is 0 Å². The smallest absolute Gasteiger partial charge is 0.267 e. The van der Waals surface area contributed by atoms with Gasteiger partial charge in [0.2, 0.25) is 0 Å². The Morgan fingerprint density at radius 2 is 2.12 bits per heavy atom. The molecule has 84 valence electrons. The summed E-state index contributed by atoms with van der Waals surface area (Å²) in [5.74, 6) is 2.00. The first-order valence-corrected chi connectivity index (χ1v) is 6.50. The lowest BCUT2D eigenvalue weighted by Crippen LogP contribution is -2.21. The van der Waals surface area contributed by atoms with E-state index in [0.717, 1.165) is 24.3 Å². The lowest BCUT2D eigenvalue weighted by molar-refractivity contribution is 0.0954. The van der Waals surface area contributed by atoms with E-state index in [1.54, 1.807) is 12.1 Å². The van der Waals surface area contributed by atoms with Crippen molar-refractivity contribution in [3.63, 3.8) is 0 Å². The Morgan fingerprint density at radius 3 is 2.81 bits per heavy atom. The summed E-state index contributed by atoms with van der Waals surface area (Å²) in [6, 6.07) is 9.15. The molecule has 4 heteroatoms. The summed E-state index contributed by atoms with van der Waals surface area (Å²) in [5, 5.41) is 4.16. The van der Waals surface area contributed by atoms with Crippen LogP contribution < -0.4 is 5.43 Å². The van der Waals surface area contributed by atoms with E-state index >= 15 is 0 Å². The standard InChI is InChI=1S/C12H14N2OS/c15-12(10-5-2-1-3-6-10)14-13-11-7-4-8-16-9-11/h1-3,5-6H,4,7-9H2,(H,14,15). The van der Waals surface area contributed by atoms with Gasteiger partial charge in [0.1, 0.15) is 0 Å². The molecule has 1 amide bonds. The van der Waals surface area contributed by atoms with Crippen LogP contribution in [0.1, 0.15) is 23.2 Å². The van der Waals surface area contributed by atoms with Crippen LogP contribution >= 0.6 is 11.8 Å². The largest absolute Gasteiger partial charge is 0.271 e. The fourth-order valence-corrected chi connectivity index (χ4v) is 2.45. The third-order valence-corrected chi connectivity index (χ3v) is 3.49. The molecule has 0 spiro atoms. The number of hydrogen-bond donors (Lipinski definition) is 1. The summed E-state index contributed by atoms with van der Waals surface area (Å²) >= 11 is 1.87. The Labute approximate surface area is 99.3 Å². The van der Waals surface area contributed by atoms with Gasteiger partial charge in [-0.15, -0.1) is 0 Å². The van der Waals surface area contributed by atoms with E-state index in [9.17, 15) is 4.79 Å². The molecule has 3 nitrogen and oxygen atoms in total. The molecule has 0 aliphatic carbocycles. The molecular formula is C12H14N2OS. The van der Waals surface area contributed by atoms with Crippen molar-refractivity contribution < 1.29 is 4.79 Å². The molecule has 2 rings (SSSR count). The molecule has 1 aliphatic heterocycles. The highest BCUT2D eigenvalue weighted by Crippen LogP contribution is 2.14. The zero-order valence-corrected chi connectivity index (χ0v) is 9.80. The highest BCUT2D eigenvalue weighted by molar-refractivity contribution is 8.00. The molecule has 1 N–H and O–H groups in total. The molecule has 0 radical (unpaired) electrons. The quantitative estimate of drug-likeness (QED) is 0.798. The summed E-state index contributed by atoms with van der Waals surface area (Å²) in [6.45, 7) is 0. The Bertz CT molecular complexity index is 381. The van der Waals surface area contributed by atoms with Gasteiger partial charge in [0.05, 0.1) is 0 Å². The molecule has 16 heavy (non-hydrogen) atoms. The zero-order valence-electron chi connectivity index (χ0n) is 8.98. The van der Waals surface area contributed by atoms with Crippen molar-refractivity contribution in [2.75, 3.05) is 11.5 Å². The fourth-order valence-electron chi connectivity index (χ4n) is 1.51. The molecule has 0 unspecified atom stereocenters. The number of carbonyl (C=O) groups is 1. The van der Waals surface area contributed by atoms with E-state index in [2.05, 4.69) is 10.5 Å². The highest BCUT2D eigenvalue weighted by Gasteiger charge is 2.08. The van der Waals surface area contributed by atoms with Crippen LogP contribution in [0.5, 0.6) is 0 Å². The van der Waals surface area contributed by atoms with E-state index < -0.39 is 0 Å². The molecule has 0 aromatic heterocycles. The maximum Gasteiger partial charge on any atom is 0.271 e. The van der Waals surface area contributed by atoms with Gasteiger partial charge in [-0.2, -0.15) is 16.9 Å². The molecule has 1 heterocycles. The summed E-state index contributed by atoms with van der Waals surface area (Å²) in [5.41, 5.74) is 4.34. The van der Waals surface area contributed by atoms with Crippen LogP contribution in [-0.4, -0.2) is 23.1 Å².